The summed E-state index contributed by atoms with van der Waals surface area (Å²) in [7, 11) is 4.15. The lowest BCUT2D eigenvalue weighted by atomic mass is 10.2. The summed E-state index contributed by atoms with van der Waals surface area (Å²) in [5.41, 5.74) is 0. The zero-order valence-corrected chi connectivity index (χ0v) is 10.1. The molecule has 0 saturated carbocycles. The molecule has 92 valence electrons. The number of furan rings is 1. The van der Waals surface area contributed by atoms with Gasteiger partial charge in [0.05, 0.1) is 6.26 Å². The molecule has 0 amide bonds. The van der Waals surface area contributed by atoms with Crippen LogP contribution in [-0.2, 0) is 0 Å². The highest BCUT2D eigenvalue weighted by atomic mass is 16.4. The van der Waals surface area contributed by atoms with Crippen LogP contribution in [0.4, 0.5) is 0 Å². The van der Waals surface area contributed by atoms with E-state index in [2.05, 4.69) is 24.3 Å². The predicted octanol–water partition coefficient (Wildman–Crippen LogP) is 1.24. The first-order valence-electron chi connectivity index (χ1n) is 5.77. The largest absolute Gasteiger partial charge is 0.467 e. The van der Waals surface area contributed by atoms with Crippen molar-refractivity contribution in [3.8, 4) is 0 Å². The van der Waals surface area contributed by atoms with Gasteiger partial charge in [0.1, 0.15) is 11.9 Å². The summed E-state index contributed by atoms with van der Waals surface area (Å²) < 4.78 is 5.11. The van der Waals surface area contributed by atoms with Gasteiger partial charge in [0, 0.05) is 6.54 Å². The molecule has 1 unspecified atom stereocenters. The van der Waals surface area contributed by atoms with Crippen molar-refractivity contribution in [3.63, 3.8) is 0 Å². The lowest BCUT2D eigenvalue weighted by molar-refractivity contribution is 0.147. The SMILES string of the molecule is CN(C)CCCCNCC(O)c1ccco1. The minimum Gasteiger partial charge on any atom is -0.467 e. The Labute approximate surface area is 97.2 Å². The molecule has 0 saturated heterocycles. The Hall–Kier alpha value is -0.840. The fraction of sp³-hybridized carbons (Fsp3) is 0.667. The third-order valence-electron chi connectivity index (χ3n) is 2.42. The topological polar surface area (TPSA) is 48.6 Å². The van der Waals surface area contributed by atoms with Gasteiger partial charge in [0.2, 0.25) is 0 Å². The third-order valence-corrected chi connectivity index (χ3v) is 2.42. The van der Waals surface area contributed by atoms with Crippen LogP contribution in [0.2, 0.25) is 0 Å². The van der Waals surface area contributed by atoms with Crippen LogP contribution in [0.1, 0.15) is 24.7 Å². The maximum Gasteiger partial charge on any atom is 0.133 e. The van der Waals surface area contributed by atoms with Crippen LogP contribution in [-0.4, -0.2) is 43.7 Å². The number of nitrogens with zero attached hydrogens (tertiary/aromatic N) is 1. The van der Waals surface area contributed by atoms with Gasteiger partial charge in [-0.05, 0) is 52.2 Å². The van der Waals surface area contributed by atoms with E-state index >= 15 is 0 Å². The number of aliphatic hydroxyl groups is 1. The molecule has 0 spiro atoms. The van der Waals surface area contributed by atoms with Crippen LogP contribution < -0.4 is 5.32 Å². The molecule has 0 bridgehead atoms. The maximum absolute atomic E-state index is 9.69. The second kappa shape index (κ2) is 7.44. The first-order chi connectivity index (χ1) is 7.70. The fourth-order valence-corrected chi connectivity index (χ4v) is 1.50. The molecule has 2 N–H and O–H groups in total. The smallest absolute Gasteiger partial charge is 0.133 e. The molecule has 1 rings (SSSR count). The molecule has 1 atom stereocenters. The van der Waals surface area contributed by atoms with Gasteiger partial charge < -0.3 is 19.7 Å². The molecule has 0 radical (unpaired) electrons. The van der Waals surface area contributed by atoms with E-state index in [1.807, 2.05) is 0 Å². The van der Waals surface area contributed by atoms with Crippen LogP contribution in [0, 0.1) is 0 Å². The number of nitrogens with one attached hydrogen (secondary N) is 1. The normalized spacial score (nSPS) is 13.2. The number of aliphatic hydroxyl groups excluding tert-OH is 1. The van der Waals surface area contributed by atoms with Crippen molar-refractivity contribution in [1.82, 2.24) is 10.2 Å². The predicted molar refractivity (Wildman–Crippen MR) is 64.3 cm³/mol. The molecule has 0 aliphatic heterocycles. The second-order valence-corrected chi connectivity index (χ2v) is 4.25. The summed E-state index contributed by atoms with van der Waals surface area (Å²) in [6, 6.07) is 3.58. The highest BCUT2D eigenvalue weighted by molar-refractivity contribution is 5.01. The lowest BCUT2D eigenvalue weighted by Crippen LogP contribution is -2.23. The summed E-state index contributed by atoms with van der Waals surface area (Å²) in [4.78, 5) is 2.18. The third kappa shape index (κ3) is 5.30. The van der Waals surface area contributed by atoms with Crippen molar-refractivity contribution in [2.45, 2.75) is 18.9 Å². The lowest BCUT2D eigenvalue weighted by Gasteiger charge is -2.11. The standard InChI is InChI=1S/C12H22N2O2/c1-14(2)8-4-3-7-13-10-11(15)12-6-5-9-16-12/h5-6,9,11,13,15H,3-4,7-8,10H2,1-2H3. The van der Waals surface area contributed by atoms with E-state index in [0.717, 1.165) is 19.5 Å². The number of unbranched alkanes of at least 4 members (excludes halogenated alkanes) is 1. The highest BCUT2D eigenvalue weighted by Gasteiger charge is 2.08. The van der Waals surface area contributed by atoms with E-state index < -0.39 is 6.10 Å². The molecule has 0 aliphatic rings. The maximum atomic E-state index is 9.69. The Balaban J connectivity index is 1.99. The van der Waals surface area contributed by atoms with Crippen molar-refractivity contribution in [2.24, 2.45) is 0 Å². The molecule has 0 fully saturated rings. The monoisotopic (exact) mass is 226 g/mol. The Bertz CT molecular complexity index is 260. The number of hydrogen-bond donors (Lipinski definition) is 2. The summed E-state index contributed by atoms with van der Waals surface area (Å²) in [6.45, 7) is 2.60. The summed E-state index contributed by atoms with van der Waals surface area (Å²) in [5, 5.41) is 12.9. The zero-order chi connectivity index (χ0) is 11.8. The van der Waals surface area contributed by atoms with Crippen molar-refractivity contribution in [1.29, 1.82) is 0 Å². The summed E-state index contributed by atoms with van der Waals surface area (Å²) in [6.07, 6.45) is 3.35. The van der Waals surface area contributed by atoms with Gasteiger partial charge in [0.25, 0.3) is 0 Å². The molecule has 16 heavy (non-hydrogen) atoms. The van der Waals surface area contributed by atoms with Crippen LogP contribution >= 0.6 is 0 Å². The minimum absolute atomic E-state index is 0.538. The Morgan fingerprint density at radius 3 is 2.88 bits per heavy atom. The number of rotatable bonds is 8. The van der Waals surface area contributed by atoms with E-state index in [1.165, 1.54) is 6.42 Å². The Morgan fingerprint density at radius 1 is 1.44 bits per heavy atom. The average molecular weight is 226 g/mol. The van der Waals surface area contributed by atoms with E-state index in [-0.39, 0.29) is 0 Å². The molecule has 4 nitrogen and oxygen atoms in total. The first kappa shape index (κ1) is 13.2. The highest BCUT2D eigenvalue weighted by Crippen LogP contribution is 2.11. The Kier molecular flexibility index (Phi) is 6.15. The molecule has 1 heterocycles. The van der Waals surface area contributed by atoms with Gasteiger partial charge in [-0.1, -0.05) is 0 Å². The quantitative estimate of drug-likeness (QED) is 0.655. The van der Waals surface area contributed by atoms with Gasteiger partial charge in [-0.15, -0.1) is 0 Å². The van der Waals surface area contributed by atoms with Gasteiger partial charge in [-0.2, -0.15) is 0 Å². The number of hydrogen-bond acceptors (Lipinski definition) is 4. The average Bonchev–Trinajstić information content (AvgIpc) is 2.75. The molecule has 1 aromatic rings. The summed E-state index contributed by atoms with van der Waals surface area (Å²) in [5.74, 6) is 0.626. The molecule has 1 aromatic heterocycles. The second-order valence-electron chi connectivity index (χ2n) is 4.25. The summed E-state index contributed by atoms with van der Waals surface area (Å²) >= 11 is 0. The molecule has 4 heteroatoms. The van der Waals surface area contributed by atoms with Crippen molar-refractivity contribution >= 4 is 0 Å². The van der Waals surface area contributed by atoms with Crippen LogP contribution in [0.15, 0.2) is 22.8 Å². The minimum atomic E-state index is -0.538. The first-order valence-corrected chi connectivity index (χ1v) is 5.77. The van der Waals surface area contributed by atoms with E-state index in [0.29, 0.717) is 12.3 Å². The van der Waals surface area contributed by atoms with Crippen LogP contribution in [0.25, 0.3) is 0 Å². The molecular formula is C12H22N2O2. The van der Waals surface area contributed by atoms with Crippen LogP contribution in [0.5, 0.6) is 0 Å². The van der Waals surface area contributed by atoms with E-state index in [1.54, 1.807) is 18.4 Å². The Morgan fingerprint density at radius 2 is 2.25 bits per heavy atom. The van der Waals surface area contributed by atoms with E-state index in [9.17, 15) is 5.11 Å². The van der Waals surface area contributed by atoms with Crippen molar-refractivity contribution in [3.05, 3.63) is 24.2 Å². The fourth-order valence-electron chi connectivity index (χ4n) is 1.50. The van der Waals surface area contributed by atoms with Crippen molar-refractivity contribution in [2.75, 3.05) is 33.7 Å². The van der Waals surface area contributed by atoms with Crippen LogP contribution in [0.3, 0.4) is 0 Å². The van der Waals surface area contributed by atoms with Gasteiger partial charge in [0.15, 0.2) is 0 Å². The van der Waals surface area contributed by atoms with Crippen molar-refractivity contribution < 1.29 is 9.52 Å². The van der Waals surface area contributed by atoms with E-state index in [4.69, 9.17) is 4.42 Å². The molecule has 0 aliphatic carbocycles. The van der Waals surface area contributed by atoms with Gasteiger partial charge >= 0.3 is 0 Å². The van der Waals surface area contributed by atoms with Gasteiger partial charge in [-0.3, -0.25) is 0 Å². The molecular weight excluding hydrogens is 204 g/mol. The molecule has 0 aromatic carbocycles. The van der Waals surface area contributed by atoms with Gasteiger partial charge in [-0.25, -0.2) is 0 Å². The zero-order valence-electron chi connectivity index (χ0n) is 10.1.